The van der Waals surface area contributed by atoms with Gasteiger partial charge in [-0.3, -0.25) is 9.89 Å². The maximum absolute atomic E-state index is 11.9. The molecule has 0 aliphatic rings. The lowest BCUT2D eigenvalue weighted by molar-refractivity contribution is -0.121. The standard InChI is InChI=1S/C17H23N3O/c1-12-5-4-6-15(11-12)7-8-17(21)18-10-9-16-13(2)19-20-14(16)3/h4-6,11H,7-10H2,1-3H3,(H,18,21)(H,19,20). The summed E-state index contributed by atoms with van der Waals surface area (Å²) in [5, 5.41) is 10.1. The maximum atomic E-state index is 11.9. The number of nitrogens with zero attached hydrogens (tertiary/aromatic N) is 1. The molecule has 1 amide bonds. The van der Waals surface area contributed by atoms with Crippen molar-refractivity contribution >= 4 is 5.91 Å². The van der Waals surface area contributed by atoms with E-state index in [1.54, 1.807) is 0 Å². The molecule has 1 aromatic carbocycles. The summed E-state index contributed by atoms with van der Waals surface area (Å²) in [6.45, 7) is 6.72. The largest absolute Gasteiger partial charge is 0.356 e. The topological polar surface area (TPSA) is 57.8 Å². The summed E-state index contributed by atoms with van der Waals surface area (Å²) < 4.78 is 0. The molecular weight excluding hydrogens is 262 g/mol. The molecule has 0 aliphatic heterocycles. The molecule has 0 spiro atoms. The Morgan fingerprint density at radius 2 is 2.05 bits per heavy atom. The van der Waals surface area contributed by atoms with Crippen LogP contribution < -0.4 is 5.32 Å². The summed E-state index contributed by atoms with van der Waals surface area (Å²) in [4.78, 5) is 11.9. The normalized spacial score (nSPS) is 10.6. The van der Waals surface area contributed by atoms with Gasteiger partial charge in [-0.15, -0.1) is 0 Å². The minimum Gasteiger partial charge on any atom is -0.356 e. The molecule has 2 rings (SSSR count). The molecule has 4 nitrogen and oxygen atoms in total. The zero-order valence-corrected chi connectivity index (χ0v) is 13.0. The highest BCUT2D eigenvalue weighted by Gasteiger charge is 2.07. The fourth-order valence-electron chi connectivity index (χ4n) is 2.48. The first-order valence-corrected chi connectivity index (χ1v) is 7.39. The molecule has 1 heterocycles. The number of rotatable bonds is 6. The van der Waals surface area contributed by atoms with Gasteiger partial charge in [-0.1, -0.05) is 29.8 Å². The number of H-pyrrole nitrogens is 1. The van der Waals surface area contributed by atoms with Crippen LogP contribution in [0.4, 0.5) is 0 Å². The Kier molecular flexibility index (Phi) is 5.14. The number of carbonyl (C=O) groups is 1. The zero-order valence-electron chi connectivity index (χ0n) is 13.0. The lowest BCUT2D eigenvalue weighted by Crippen LogP contribution is -2.26. The highest BCUT2D eigenvalue weighted by Crippen LogP contribution is 2.09. The molecule has 2 aromatic rings. The van der Waals surface area contributed by atoms with E-state index in [1.807, 2.05) is 19.9 Å². The van der Waals surface area contributed by atoms with Crippen molar-refractivity contribution in [2.75, 3.05) is 6.54 Å². The molecule has 0 unspecified atom stereocenters. The second-order valence-corrected chi connectivity index (χ2v) is 5.50. The molecule has 2 N–H and O–H groups in total. The van der Waals surface area contributed by atoms with Crippen LogP contribution in [0.1, 0.15) is 34.5 Å². The van der Waals surface area contributed by atoms with Crippen LogP contribution in [-0.4, -0.2) is 22.6 Å². The third kappa shape index (κ3) is 4.45. The van der Waals surface area contributed by atoms with Crippen LogP contribution in [0.15, 0.2) is 24.3 Å². The first-order valence-electron chi connectivity index (χ1n) is 7.39. The Bertz CT molecular complexity index is 597. The van der Waals surface area contributed by atoms with Crippen LogP contribution in [0.5, 0.6) is 0 Å². The van der Waals surface area contributed by atoms with Gasteiger partial charge in [-0.25, -0.2) is 0 Å². The van der Waals surface area contributed by atoms with Gasteiger partial charge in [-0.05, 0) is 44.7 Å². The lowest BCUT2D eigenvalue weighted by Gasteiger charge is -2.06. The molecule has 1 aromatic heterocycles. The first kappa shape index (κ1) is 15.3. The Morgan fingerprint density at radius 3 is 2.71 bits per heavy atom. The third-order valence-corrected chi connectivity index (χ3v) is 3.70. The van der Waals surface area contributed by atoms with Gasteiger partial charge in [0.05, 0.1) is 5.69 Å². The van der Waals surface area contributed by atoms with Gasteiger partial charge in [0, 0.05) is 18.7 Å². The van der Waals surface area contributed by atoms with E-state index in [1.165, 1.54) is 16.7 Å². The molecule has 0 fully saturated rings. The number of hydrogen-bond donors (Lipinski definition) is 2. The second-order valence-electron chi connectivity index (χ2n) is 5.50. The van der Waals surface area contributed by atoms with Crippen molar-refractivity contribution in [2.24, 2.45) is 0 Å². The Labute approximate surface area is 126 Å². The Hall–Kier alpha value is -2.10. The fraction of sp³-hybridized carbons (Fsp3) is 0.412. The highest BCUT2D eigenvalue weighted by atomic mass is 16.1. The molecule has 112 valence electrons. The van der Waals surface area contributed by atoms with Crippen molar-refractivity contribution in [2.45, 2.75) is 40.0 Å². The van der Waals surface area contributed by atoms with Crippen LogP contribution in [0.25, 0.3) is 0 Å². The maximum Gasteiger partial charge on any atom is 0.220 e. The van der Waals surface area contributed by atoms with Gasteiger partial charge in [0.25, 0.3) is 0 Å². The quantitative estimate of drug-likeness (QED) is 0.857. The van der Waals surface area contributed by atoms with E-state index in [-0.39, 0.29) is 5.91 Å². The predicted molar refractivity (Wildman–Crippen MR) is 84.3 cm³/mol. The van der Waals surface area contributed by atoms with Crippen molar-refractivity contribution in [3.8, 4) is 0 Å². The number of amides is 1. The predicted octanol–water partition coefficient (Wildman–Crippen LogP) is 2.63. The zero-order chi connectivity index (χ0) is 15.2. The van der Waals surface area contributed by atoms with Crippen LogP contribution in [0, 0.1) is 20.8 Å². The molecule has 0 radical (unpaired) electrons. The molecule has 0 bridgehead atoms. The minimum absolute atomic E-state index is 0.107. The minimum atomic E-state index is 0.107. The van der Waals surface area contributed by atoms with Gasteiger partial charge in [0.1, 0.15) is 0 Å². The second kappa shape index (κ2) is 7.07. The van der Waals surface area contributed by atoms with Gasteiger partial charge in [0.15, 0.2) is 0 Å². The lowest BCUT2D eigenvalue weighted by atomic mass is 10.1. The summed E-state index contributed by atoms with van der Waals surface area (Å²) in [6, 6.07) is 8.30. The fourth-order valence-corrected chi connectivity index (χ4v) is 2.48. The molecular formula is C17H23N3O. The Morgan fingerprint density at radius 1 is 1.24 bits per heavy atom. The molecule has 0 saturated heterocycles. The third-order valence-electron chi connectivity index (χ3n) is 3.70. The summed E-state index contributed by atoms with van der Waals surface area (Å²) in [6.07, 6.45) is 2.15. The molecule has 4 heteroatoms. The van der Waals surface area contributed by atoms with Gasteiger partial charge < -0.3 is 5.32 Å². The summed E-state index contributed by atoms with van der Waals surface area (Å²) in [7, 11) is 0. The number of hydrogen-bond acceptors (Lipinski definition) is 2. The number of aromatic amines is 1. The molecule has 0 atom stereocenters. The van der Waals surface area contributed by atoms with E-state index < -0.39 is 0 Å². The highest BCUT2D eigenvalue weighted by molar-refractivity contribution is 5.76. The number of carbonyl (C=O) groups excluding carboxylic acids is 1. The summed E-state index contributed by atoms with van der Waals surface area (Å²) in [5.74, 6) is 0.107. The average Bonchev–Trinajstić information content (AvgIpc) is 2.77. The van der Waals surface area contributed by atoms with E-state index in [2.05, 4.69) is 40.6 Å². The Balaban J connectivity index is 1.73. The van der Waals surface area contributed by atoms with E-state index in [9.17, 15) is 4.79 Å². The van der Waals surface area contributed by atoms with Gasteiger partial charge in [-0.2, -0.15) is 5.10 Å². The number of aromatic nitrogens is 2. The van der Waals surface area contributed by atoms with Gasteiger partial charge >= 0.3 is 0 Å². The summed E-state index contributed by atoms with van der Waals surface area (Å²) in [5.41, 5.74) is 5.75. The smallest absolute Gasteiger partial charge is 0.220 e. The van der Waals surface area contributed by atoms with Crippen LogP contribution in [0.2, 0.25) is 0 Å². The van der Waals surface area contributed by atoms with Crippen molar-refractivity contribution in [3.05, 3.63) is 52.3 Å². The van der Waals surface area contributed by atoms with Crippen LogP contribution >= 0.6 is 0 Å². The SMILES string of the molecule is Cc1cccc(CCC(=O)NCCc2c(C)n[nH]c2C)c1. The molecule has 0 aliphatic carbocycles. The van der Waals surface area contributed by atoms with E-state index in [0.29, 0.717) is 13.0 Å². The summed E-state index contributed by atoms with van der Waals surface area (Å²) >= 11 is 0. The monoisotopic (exact) mass is 285 g/mol. The number of nitrogens with one attached hydrogen (secondary N) is 2. The molecule has 0 saturated carbocycles. The van der Waals surface area contributed by atoms with Crippen LogP contribution in [-0.2, 0) is 17.6 Å². The van der Waals surface area contributed by atoms with Crippen LogP contribution in [0.3, 0.4) is 0 Å². The van der Waals surface area contributed by atoms with Gasteiger partial charge in [0.2, 0.25) is 5.91 Å². The number of aryl methyl sites for hydroxylation is 4. The van der Waals surface area contributed by atoms with E-state index in [4.69, 9.17) is 0 Å². The van der Waals surface area contributed by atoms with Crippen molar-refractivity contribution in [1.82, 2.24) is 15.5 Å². The van der Waals surface area contributed by atoms with E-state index in [0.717, 1.165) is 24.2 Å². The van der Waals surface area contributed by atoms with Crippen molar-refractivity contribution in [1.29, 1.82) is 0 Å². The van der Waals surface area contributed by atoms with Crippen molar-refractivity contribution in [3.63, 3.8) is 0 Å². The van der Waals surface area contributed by atoms with E-state index >= 15 is 0 Å². The average molecular weight is 285 g/mol. The first-order chi connectivity index (χ1) is 10.1. The number of benzene rings is 1. The molecule has 21 heavy (non-hydrogen) atoms. The van der Waals surface area contributed by atoms with Crippen molar-refractivity contribution < 1.29 is 4.79 Å².